The van der Waals surface area contributed by atoms with Gasteiger partial charge in [0.2, 0.25) is 0 Å². The molecule has 0 bridgehead atoms. The third-order valence-electron chi connectivity index (χ3n) is 3.22. The third-order valence-corrected chi connectivity index (χ3v) is 4.96. The van der Waals surface area contributed by atoms with Gasteiger partial charge in [0.05, 0.1) is 0 Å². The largest absolute Gasteiger partial charge is 0.366 e. The van der Waals surface area contributed by atoms with E-state index in [0.717, 1.165) is 27.9 Å². The lowest BCUT2D eigenvalue weighted by atomic mass is 10.2. The first-order chi connectivity index (χ1) is 8.72. The highest BCUT2D eigenvalue weighted by Crippen LogP contribution is 2.32. The van der Waals surface area contributed by atoms with Gasteiger partial charge in [0.1, 0.15) is 16.2 Å². The number of halogens is 1. The fourth-order valence-electron chi connectivity index (χ4n) is 2.39. The molecule has 0 aromatic carbocycles. The molecule has 2 unspecified atom stereocenters. The number of hydrogen-bond donors (Lipinski definition) is 1. The van der Waals surface area contributed by atoms with Crippen molar-refractivity contribution in [3.63, 3.8) is 0 Å². The van der Waals surface area contributed by atoms with E-state index >= 15 is 0 Å². The van der Waals surface area contributed by atoms with Gasteiger partial charge >= 0.3 is 0 Å². The van der Waals surface area contributed by atoms with Crippen LogP contribution in [0.2, 0.25) is 0 Å². The predicted octanol–water partition coefficient (Wildman–Crippen LogP) is 3.89. The standard InChI is InChI=1S/C13H20BrN3S/c1-3-12-16-11(14)8-13(17-12)15-9-6-5-7-10(9)18-4-2/h8-10H,3-7H2,1-2H3,(H,15,16,17). The Bertz CT molecular complexity index is 400. The summed E-state index contributed by atoms with van der Waals surface area (Å²) in [6.45, 7) is 4.31. The Balaban J connectivity index is 2.06. The first-order valence-corrected chi connectivity index (χ1v) is 8.48. The summed E-state index contributed by atoms with van der Waals surface area (Å²) in [5.41, 5.74) is 0. The van der Waals surface area contributed by atoms with Crippen LogP contribution < -0.4 is 5.32 Å². The minimum atomic E-state index is 0.557. The molecule has 5 heteroatoms. The van der Waals surface area contributed by atoms with Crippen LogP contribution in [0, 0.1) is 0 Å². The maximum atomic E-state index is 4.55. The molecular formula is C13H20BrN3S. The first kappa shape index (κ1) is 14.1. The zero-order chi connectivity index (χ0) is 13.0. The second-order valence-corrected chi connectivity index (χ2v) is 6.85. The molecule has 1 aliphatic carbocycles. The molecule has 1 fully saturated rings. The van der Waals surface area contributed by atoms with E-state index in [1.54, 1.807) is 0 Å². The summed E-state index contributed by atoms with van der Waals surface area (Å²) in [5.74, 6) is 3.04. The molecule has 0 aliphatic heterocycles. The van der Waals surface area contributed by atoms with Crippen molar-refractivity contribution in [2.45, 2.75) is 50.8 Å². The van der Waals surface area contributed by atoms with Gasteiger partial charge in [-0.25, -0.2) is 9.97 Å². The van der Waals surface area contributed by atoms with Gasteiger partial charge in [-0.05, 0) is 34.5 Å². The zero-order valence-corrected chi connectivity index (χ0v) is 13.4. The van der Waals surface area contributed by atoms with Crippen LogP contribution in [-0.4, -0.2) is 27.0 Å². The van der Waals surface area contributed by atoms with Crippen molar-refractivity contribution < 1.29 is 0 Å². The van der Waals surface area contributed by atoms with Gasteiger partial charge in [0.15, 0.2) is 0 Å². The average molecular weight is 330 g/mol. The molecule has 3 nitrogen and oxygen atoms in total. The smallest absolute Gasteiger partial charge is 0.131 e. The fourth-order valence-corrected chi connectivity index (χ4v) is 4.01. The van der Waals surface area contributed by atoms with Gasteiger partial charge < -0.3 is 5.32 Å². The Morgan fingerprint density at radius 2 is 2.22 bits per heavy atom. The van der Waals surface area contributed by atoms with E-state index in [2.05, 4.69) is 56.8 Å². The van der Waals surface area contributed by atoms with Crippen LogP contribution in [0.1, 0.15) is 38.9 Å². The molecule has 1 heterocycles. The SMILES string of the molecule is CCSC1CCCC1Nc1cc(Br)nc(CC)n1. The van der Waals surface area contributed by atoms with Gasteiger partial charge in [-0.3, -0.25) is 0 Å². The predicted molar refractivity (Wildman–Crippen MR) is 82.3 cm³/mol. The Morgan fingerprint density at radius 3 is 2.94 bits per heavy atom. The summed E-state index contributed by atoms with van der Waals surface area (Å²) in [6, 6.07) is 2.53. The van der Waals surface area contributed by atoms with Crippen LogP contribution >= 0.6 is 27.7 Å². The van der Waals surface area contributed by atoms with E-state index in [9.17, 15) is 0 Å². The molecule has 0 saturated heterocycles. The van der Waals surface area contributed by atoms with Crippen molar-refractivity contribution in [3.8, 4) is 0 Å². The number of nitrogens with one attached hydrogen (secondary N) is 1. The van der Waals surface area contributed by atoms with E-state index in [0.29, 0.717) is 6.04 Å². The lowest BCUT2D eigenvalue weighted by Gasteiger charge is -2.21. The summed E-state index contributed by atoms with van der Waals surface area (Å²) < 4.78 is 0.870. The van der Waals surface area contributed by atoms with Crippen LogP contribution in [0.4, 0.5) is 5.82 Å². The van der Waals surface area contributed by atoms with Gasteiger partial charge in [0, 0.05) is 23.8 Å². The van der Waals surface area contributed by atoms with Crippen LogP contribution in [0.5, 0.6) is 0 Å². The Morgan fingerprint density at radius 1 is 1.39 bits per heavy atom. The monoisotopic (exact) mass is 329 g/mol. The molecule has 100 valence electrons. The highest BCUT2D eigenvalue weighted by atomic mass is 79.9. The second kappa shape index (κ2) is 6.75. The van der Waals surface area contributed by atoms with Crippen molar-refractivity contribution >= 4 is 33.5 Å². The normalized spacial score (nSPS) is 23.3. The first-order valence-electron chi connectivity index (χ1n) is 6.64. The quantitative estimate of drug-likeness (QED) is 0.831. The second-order valence-electron chi connectivity index (χ2n) is 4.52. The minimum Gasteiger partial charge on any atom is -0.366 e. The molecular weight excluding hydrogens is 310 g/mol. The van der Waals surface area contributed by atoms with E-state index < -0.39 is 0 Å². The van der Waals surface area contributed by atoms with E-state index in [1.165, 1.54) is 25.0 Å². The number of anilines is 1. The number of thioether (sulfide) groups is 1. The number of hydrogen-bond acceptors (Lipinski definition) is 4. The Hall–Kier alpha value is -0.290. The van der Waals surface area contributed by atoms with Crippen molar-refractivity contribution in [2.75, 3.05) is 11.1 Å². The highest BCUT2D eigenvalue weighted by molar-refractivity contribution is 9.10. The number of rotatable bonds is 5. The molecule has 0 radical (unpaired) electrons. The summed E-state index contributed by atoms with van der Waals surface area (Å²) in [5, 5.41) is 4.32. The molecule has 2 atom stereocenters. The maximum Gasteiger partial charge on any atom is 0.131 e. The number of nitrogens with zero attached hydrogens (tertiary/aromatic N) is 2. The van der Waals surface area contributed by atoms with Crippen LogP contribution in [0.15, 0.2) is 10.7 Å². The average Bonchev–Trinajstić information content (AvgIpc) is 2.76. The summed E-state index contributed by atoms with van der Waals surface area (Å²) >= 11 is 5.52. The fraction of sp³-hybridized carbons (Fsp3) is 0.692. The highest BCUT2D eigenvalue weighted by Gasteiger charge is 2.27. The van der Waals surface area contributed by atoms with E-state index in [1.807, 2.05) is 6.07 Å². The van der Waals surface area contributed by atoms with E-state index in [-0.39, 0.29) is 0 Å². The molecule has 1 saturated carbocycles. The zero-order valence-electron chi connectivity index (χ0n) is 10.9. The summed E-state index contributed by atoms with van der Waals surface area (Å²) in [6.07, 6.45) is 4.76. The number of aromatic nitrogens is 2. The molecule has 1 aromatic rings. The molecule has 1 N–H and O–H groups in total. The van der Waals surface area contributed by atoms with Crippen molar-refractivity contribution in [3.05, 3.63) is 16.5 Å². The summed E-state index contributed by atoms with van der Waals surface area (Å²) in [7, 11) is 0. The van der Waals surface area contributed by atoms with Gasteiger partial charge in [-0.2, -0.15) is 11.8 Å². The molecule has 18 heavy (non-hydrogen) atoms. The van der Waals surface area contributed by atoms with E-state index in [4.69, 9.17) is 0 Å². The van der Waals surface area contributed by atoms with Gasteiger partial charge in [0.25, 0.3) is 0 Å². The molecule has 0 spiro atoms. The maximum absolute atomic E-state index is 4.55. The lowest BCUT2D eigenvalue weighted by Crippen LogP contribution is -2.26. The van der Waals surface area contributed by atoms with Gasteiger partial charge in [-0.15, -0.1) is 0 Å². The molecule has 1 aliphatic rings. The Kier molecular flexibility index (Phi) is 5.30. The van der Waals surface area contributed by atoms with Crippen molar-refractivity contribution in [2.24, 2.45) is 0 Å². The molecule has 0 amide bonds. The lowest BCUT2D eigenvalue weighted by molar-refractivity contribution is 0.758. The minimum absolute atomic E-state index is 0.557. The third kappa shape index (κ3) is 3.60. The van der Waals surface area contributed by atoms with Crippen LogP contribution in [0.25, 0.3) is 0 Å². The topological polar surface area (TPSA) is 37.8 Å². The van der Waals surface area contributed by atoms with Crippen LogP contribution in [0.3, 0.4) is 0 Å². The van der Waals surface area contributed by atoms with Crippen molar-refractivity contribution in [1.82, 2.24) is 9.97 Å². The van der Waals surface area contributed by atoms with Crippen molar-refractivity contribution in [1.29, 1.82) is 0 Å². The molecule has 2 rings (SSSR count). The van der Waals surface area contributed by atoms with Crippen LogP contribution in [-0.2, 0) is 6.42 Å². The molecule has 1 aromatic heterocycles. The number of aryl methyl sites for hydroxylation is 1. The van der Waals surface area contributed by atoms with Gasteiger partial charge in [-0.1, -0.05) is 20.3 Å². The summed E-state index contributed by atoms with van der Waals surface area (Å²) in [4.78, 5) is 8.89. The Labute approximate surface area is 122 Å².